The maximum atomic E-state index is 12.6. The number of hydrogen-bond donors (Lipinski definition) is 0. The van der Waals surface area contributed by atoms with E-state index in [-0.39, 0.29) is 23.3 Å². The number of amides is 1. The van der Waals surface area contributed by atoms with Crippen molar-refractivity contribution in [3.8, 4) is 0 Å². The van der Waals surface area contributed by atoms with Gasteiger partial charge in [0.05, 0.1) is 17.3 Å². The maximum absolute atomic E-state index is 12.6. The van der Waals surface area contributed by atoms with Crippen LogP contribution in [0.3, 0.4) is 0 Å². The van der Waals surface area contributed by atoms with Gasteiger partial charge in [0, 0.05) is 25.7 Å². The van der Waals surface area contributed by atoms with E-state index in [0.29, 0.717) is 23.8 Å². The molecule has 1 atom stereocenters. The van der Waals surface area contributed by atoms with Crippen molar-refractivity contribution < 1.29 is 13.2 Å². The van der Waals surface area contributed by atoms with Gasteiger partial charge in [-0.3, -0.25) is 4.79 Å². The number of nitrogens with zero attached hydrogens (tertiary/aromatic N) is 4. The lowest BCUT2D eigenvalue weighted by Crippen LogP contribution is -2.30. The first-order valence-electron chi connectivity index (χ1n) is 9.03. The topological polar surface area (TPSA) is 85.2 Å². The van der Waals surface area contributed by atoms with Crippen molar-refractivity contribution in [2.75, 3.05) is 28.7 Å². The molecule has 1 fully saturated rings. The predicted molar refractivity (Wildman–Crippen MR) is 105 cm³/mol. The molecule has 9 heteroatoms. The molecular formula is C18H22N4O3S2. The molecule has 2 aliphatic heterocycles. The minimum Gasteiger partial charge on any atom is -0.311 e. The van der Waals surface area contributed by atoms with Gasteiger partial charge >= 0.3 is 0 Å². The second-order valence-electron chi connectivity index (χ2n) is 7.14. The van der Waals surface area contributed by atoms with Crippen LogP contribution in [0, 0.1) is 5.92 Å². The summed E-state index contributed by atoms with van der Waals surface area (Å²) >= 11 is 1.38. The zero-order valence-electron chi connectivity index (χ0n) is 15.2. The second-order valence-corrected chi connectivity index (χ2v) is 10.3. The lowest BCUT2D eigenvalue weighted by atomic mass is 10.1. The van der Waals surface area contributed by atoms with Crippen molar-refractivity contribution in [3.05, 3.63) is 35.7 Å². The SMILES string of the molecule is Cn1c(C[C@@H]2CCS(=O)(=O)C2)nnc1SCC(=O)N1CCc2ccccc21. The van der Waals surface area contributed by atoms with Crippen LogP contribution < -0.4 is 4.90 Å². The molecule has 0 aliphatic carbocycles. The zero-order valence-corrected chi connectivity index (χ0v) is 16.8. The Balaban J connectivity index is 1.37. The number of hydrogen-bond acceptors (Lipinski definition) is 6. The van der Waals surface area contributed by atoms with Crippen LogP contribution in [0.25, 0.3) is 0 Å². The van der Waals surface area contributed by atoms with Crippen molar-refractivity contribution in [1.29, 1.82) is 0 Å². The number of anilines is 1. The molecule has 1 aromatic heterocycles. The molecule has 2 aliphatic rings. The van der Waals surface area contributed by atoms with E-state index < -0.39 is 9.84 Å². The van der Waals surface area contributed by atoms with Gasteiger partial charge in [0.2, 0.25) is 5.91 Å². The number of fused-ring (bicyclic) bond motifs is 1. The van der Waals surface area contributed by atoms with Crippen LogP contribution in [0.1, 0.15) is 17.8 Å². The first-order chi connectivity index (χ1) is 12.9. The highest BCUT2D eigenvalue weighted by Crippen LogP contribution is 2.29. The van der Waals surface area contributed by atoms with Crippen LogP contribution in [0.4, 0.5) is 5.69 Å². The first-order valence-corrected chi connectivity index (χ1v) is 11.8. The Morgan fingerprint density at radius 2 is 2.11 bits per heavy atom. The fourth-order valence-electron chi connectivity index (χ4n) is 3.74. The third-order valence-electron chi connectivity index (χ3n) is 5.24. The van der Waals surface area contributed by atoms with Crippen LogP contribution in [-0.2, 0) is 34.5 Å². The molecule has 3 heterocycles. The van der Waals surface area contributed by atoms with Gasteiger partial charge in [-0.05, 0) is 30.4 Å². The van der Waals surface area contributed by atoms with Gasteiger partial charge in [-0.15, -0.1) is 10.2 Å². The highest BCUT2D eigenvalue weighted by molar-refractivity contribution is 7.99. The molecule has 0 spiro atoms. The number of carbonyl (C=O) groups is 1. The number of para-hydroxylation sites is 1. The van der Waals surface area contributed by atoms with E-state index in [1.807, 2.05) is 34.7 Å². The monoisotopic (exact) mass is 406 g/mol. The summed E-state index contributed by atoms with van der Waals surface area (Å²) in [6.07, 6.45) is 2.19. The van der Waals surface area contributed by atoms with E-state index in [2.05, 4.69) is 16.3 Å². The van der Waals surface area contributed by atoms with E-state index in [4.69, 9.17) is 0 Å². The molecule has 0 bridgehead atoms. The summed E-state index contributed by atoms with van der Waals surface area (Å²) in [6.45, 7) is 0.721. The van der Waals surface area contributed by atoms with E-state index in [9.17, 15) is 13.2 Å². The molecule has 0 saturated carbocycles. The number of aromatic nitrogens is 3. The Hall–Kier alpha value is -1.87. The molecule has 0 N–H and O–H groups in total. The number of sulfone groups is 1. The zero-order chi connectivity index (χ0) is 19.0. The fraction of sp³-hybridized carbons (Fsp3) is 0.500. The van der Waals surface area contributed by atoms with Crippen LogP contribution in [0.15, 0.2) is 29.4 Å². The molecule has 27 heavy (non-hydrogen) atoms. The minimum absolute atomic E-state index is 0.0661. The average Bonchev–Trinajstić information content (AvgIpc) is 3.31. The van der Waals surface area contributed by atoms with E-state index in [1.54, 1.807) is 0 Å². The molecule has 7 nitrogen and oxygen atoms in total. The van der Waals surface area contributed by atoms with E-state index in [0.717, 1.165) is 24.5 Å². The third kappa shape index (κ3) is 3.89. The third-order valence-corrected chi connectivity index (χ3v) is 8.08. The normalized spacial score (nSPS) is 20.8. The first kappa shape index (κ1) is 18.5. The largest absolute Gasteiger partial charge is 0.311 e. The van der Waals surface area contributed by atoms with E-state index >= 15 is 0 Å². The Labute approximate surface area is 163 Å². The summed E-state index contributed by atoms with van der Waals surface area (Å²) < 4.78 is 25.1. The van der Waals surface area contributed by atoms with Crippen LogP contribution >= 0.6 is 11.8 Å². The molecule has 2 aromatic rings. The van der Waals surface area contributed by atoms with Crippen molar-refractivity contribution >= 4 is 33.2 Å². The van der Waals surface area contributed by atoms with Gasteiger partial charge < -0.3 is 9.47 Å². The number of benzene rings is 1. The van der Waals surface area contributed by atoms with Crippen molar-refractivity contribution in [3.63, 3.8) is 0 Å². The molecule has 1 aromatic carbocycles. The molecule has 144 valence electrons. The summed E-state index contributed by atoms with van der Waals surface area (Å²) in [7, 11) is -1.02. The van der Waals surface area contributed by atoms with Crippen LogP contribution in [-0.4, -0.2) is 52.9 Å². The van der Waals surface area contributed by atoms with Gasteiger partial charge in [0.15, 0.2) is 15.0 Å². The van der Waals surface area contributed by atoms with Crippen molar-refractivity contribution in [1.82, 2.24) is 14.8 Å². The van der Waals surface area contributed by atoms with E-state index in [1.165, 1.54) is 17.3 Å². The maximum Gasteiger partial charge on any atom is 0.237 e. The van der Waals surface area contributed by atoms with Gasteiger partial charge in [-0.25, -0.2) is 8.42 Å². The fourth-order valence-corrected chi connectivity index (χ4v) is 6.41. The molecule has 0 radical (unpaired) electrons. The lowest BCUT2D eigenvalue weighted by molar-refractivity contribution is -0.116. The highest BCUT2D eigenvalue weighted by Gasteiger charge is 2.29. The number of carbonyl (C=O) groups excluding carboxylic acids is 1. The minimum atomic E-state index is -2.89. The van der Waals surface area contributed by atoms with Gasteiger partial charge in [-0.1, -0.05) is 30.0 Å². The number of rotatable bonds is 5. The van der Waals surface area contributed by atoms with Crippen molar-refractivity contribution in [2.24, 2.45) is 13.0 Å². The van der Waals surface area contributed by atoms with Gasteiger partial charge in [-0.2, -0.15) is 0 Å². The standard InChI is InChI=1S/C18H22N4O3S2/c1-21-16(10-13-7-9-27(24,25)12-13)19-20-18(21)26-11-17(23)22-8-6-14-4-2-3-5-15(14)22/h2-5,13H,6-12H2,1H3/t13-/m0/s1. The number of thioether (sulfide) groups is 1. The summed E-state index contributed by atoms with van der Waals surface area (Å²) in [5.41, 5.74) is 2.22. The van der Waals surface area contributed by atoms with Gasteiger partial charge in [0.1, 0.15) is 5.82 Å². The molecule has 0 unspecified atom stereocenters. The summed E-state index contributed by atoms with van der Waals surface area (Å²) in [4.78, 5) is 14.5. The smallest absolute Gasteiger partial charge is 0.237 e. The molecule has 1 saturated heterocycles. The Kier molecular flexibility index (Phi) is 4.98. The summed E-state index contributed by atoms with van der Waals surface area (Å²) in [5.74, 6) is 1.75. The quantitative estimate of drug-likeness (QED) is 0.699. The summed E-state index contributed by atoms with van der Waals surface area (Å²) in [5, 5.41) is 9.09. The molecule has 4 rings (SSSR count). The summed E-state index contributed by atoms with van der Waals surface area (Å²) in [6, 6.07) is 8.00. The average molecular weight is 407 g/mol. The second kappa shape index (κ2) is 7.27. The van der Waals surface area contributed by atoms with Crippen LogP contribution in [0.5, 0.6) is 0 Å². The Morgan fingerprint density at radius 1 is 1.30 bits per heavy atom. The van der Waals surface area contributed by atoms with Crippen LogP contribution in [0.2, 0.25) is 0 Å². The lowest BCUT2D eigenvalue weighted by Gasteiger charge is -2.16. The highest BCUT2D eigenvalue weighted by atomic mass is 32.2. The Morgan fingerprint density at radius 3 is 2.89 bits per heavy atom. The molecule has 1 amide bonds. The Bertz CT molecular complexity index is 971. The van der Waals surface area contributed by atoms with Gasteiger partial charge in [0.25, 0.3) is 0 Å². The predicted octanol–water partition coefficient (Wildman–Crippen LogP) is 1.47. The molecular weight excluding hydrogens is 384 g/mol. The van der Waals surface area contributed by atoms with Crippen molar-refractivity contribution in [2.45, 2.75) is 24.4 Å².